The van der Waals surface area contributed by atoms with E-state index in [2.05, 4.69) is 69.4 Å². The van der Waals surface area contributed by atoms with E-state index in [-0.39, 0.29) is 25.2 Å². The molecule has 0 aliphatic carbocycles. The van der Waals surface area contributed by atoms with Crippen LogP contribution >= 0.6 is 0 Å². The Morgan fingerprint density at radius 3 is 1.09 bits per heavy atom. The van der Waals surface area contributed by atoms with E-state index in [1.54, 1.807) is 0 Å². The Kier molecular flexibility index (Phi) is 57.3. The molecule has 0 N–H and O–H groups in total. The maximum Gasteiger partial charge on any atom is 0.306 e. The summed E-state index contributed by atoms with van der Waals surface area (Å²) >= 11 is 0. The lowest BCUT2D eigenvalue weighted by Gasteiger charge is -2.18. The Hall–Kier alpha value is -2.14. The van der Waals surface area contributed by atoms with Crippen molar-refractivity contribution in [3.05, 3.63) is 48.6 Å². The SMILES string of the molecule is CC/C=C\C/C=C\C/C=C\CCCCCC(=O)OC(COCCCCCCCCCCCC/C=C\CCCCCCCC)COC(=O)CCCCCCCCCCCCCCCCCCCCC. The number of unbranched alkanes of at least 4 members (excludes halogenated alkanes) is 37. The highest BCUT2D eigenvalue weighted by Gasteiger charge is 2.17. The minimum atomic E-state index is -0.550. The first kappa shape index (κ1) is 65.9. The second-order valence-corrected chi connectivity index (χ2v) is 20.2. The van der Waals surface area contributed by atoms with Crippen LogP contribution in [0.5, 0.6) is 0 Å². The van der Waals surface area contributed by atoms with Gasteiger partial charge in [-0.15, -0.1) is 0 Å². The Bertz CT molecular complexity index is 1120. The molecule has 0 aromatic rings. The molecule has 5 nitrogen and oxygen atoms in total. The van der Waals surface area contributed by atoms with Gasteiger partial charge in [0.25, 0.3) is 0 Å². The van der Waals surface area contributed by atoms with E-state index in [1.165, 1.54) is 212 Å². The third kappa shape index (κ3) is 56.4. The van der Waals surface area contributed by atoms with Gasteiger partial charge < -0.3 is 14.2 Å². The zero-order valence-electron chi connectivity index (χ0n) is 45.9. The van der Waals surface area contributed by atoms with E-state index in [1.807, 2.05) is 0 Å². The third-order valence-corrected chi connectivity index (χ3v) is 13.3. The van der Waals surface area contributed by atoms with Crippen LogP contribution in [0.25, 0.3) is 0 Å². The molecule has 5 heteroatoms. The molecular formula is C63H116O5. The van der Waals surface area contributed by atoms with Gasteiger partial charge in [0, 0.05) is 19.4 Å². The zero-order valence-corrected chi connectivity index (χ0v) is 45.9. The predicted molar refractivity (Wildman–Crippen MR) is 298 cm³/mol. The Morgan fingerprint density at radius 2 is 0.662 bits per heavy atom. The van der Waals surface area contributed by atoms with Gasteiger partial charge in [-0.25, -0.2) is 0 Å². The van der Waals surface area contributed by atoms with E-state index in [0.29, 0.717) is 19.4 Å². The minimum absolute atomic E-state index is 0.0772. The zero-order chi connectivity index (χ0) is 49.2. The molecule has 0 bridgehead atoms. The number of ether oxygens (including phenoxy) is 3. The molecule has 0 aliphatic heterocycles. The number of allylic oxidation sites excluding steroid dienone is 8. The minimum Gasteiger partial charge on any atom is -0.462 e. The van der Waals surface area contributed by atoms with Crippen LogP contribution in [0.1, 0.15) is 316 Å². The van der Waals surface area contributed by atoms with Crippen LogP contribution < -0.4 is 0 Å². The number of hydrogen-bond donors (Lipinski definition) is 0. The van der Waals surface area contributed by atoms with Gasteiger partial charge in [0.2, 0.25) is 0 Å². The Morgan fingerprint density at radius 1 is 0.338 bits per heavy atom. The molecular weight excluding hydrogens is 837 g/mol. The van der Waals surface area contributed by atoms with Crippen molar-refractivity contribution in [2.75, 3.05) is 19.8 Å². The first-order chi connectivity index (χ1) is 33.6. The highest BCUT2D eigenvalue weighted by molar-refractivity contribution is 5.70. The van der Waals surface area contributed by atoms with E-state index in [0.717, 1.165) is 70.6 Å². The molecule has 1 atom stereocenters. The number of carbonyl (C=O) groups excluding carboxylic acids is 2. The summed E-state index contributed by atoms with van der Waals surface area (Å²) in [6, 6.07) is 0. The molecule has 0 saturated carbocycles. The molecule has 0 heterocycles. The smallest absolute Gasteiger partial charge is 0.306 e. The van der Waals surface area contributed by atoms with Crippen LogP contribution in [-0.4, -0.2) is 37.9 Å². The highest BCUT2D eigenvalue weighted by Crippen LogP contribution is 2.17. The monoisotopic (exact) mass is 953 g/mol. The maximum atomic E-state index is 12.8. The average Bonchev–Trinajstić information content (AvgIpc) is 3.34. The van der Waals surface area contributed by atoms with Crippen LogP contribution in [0.2, 0.25) is 0 Å². The van der Waals surface area contributed by atoms with Crippen LogP contribution in [0.15, 0.2) is 48.6 Å². The molecule has 0 fully saturated rings. The van der Waals surface area contributed by atoms with Crippen molar-refractivity contribution in [2.24, 2.45) is 0 Å². The molecule has 0 aromatic carbocycles. The van der Waals surface area contributed by atoms with Crippen molar-refractivity contribution in [2.45, 2.75) is 322 Å². The van der Waals surface area contributed by atoms with Crippen LogP contribution in [-0.2, 0) is 23.8 Å². The Balaban J connectivity index is 4.21. The summed E-state index contributed by atoms with van der Waals surface area (Å²) in [6.45, 7) is 7.74. The van der Waals surface area contributed by atoms with Crippen LogP contribution in [0, 0.1) is 0 Å². The Labute approximate surface area is 424 Å². The molecule has 398 valence electrons. The number of esters is 2. The first-order valence-electron chi connectivity index (χ1n) is 30.2. The van der Waals surface area contributed by atoms with E-state index >= 15 is 0 Å². The molecule has 0 rings (SSSR count). The predicted octanol–water partition coefficient (Wildman–Crippen LogP) is 20.7. The summed E-state index contributed by atoms with van der Waals surface area (Å²) in [6.07, 6.45) is 74.3. The average molecular weight is 954 g/mol. The van der Waals surface area contributed by atoms with Gasteiger partial charge in [0.05, 0.1) is 6.61 Å². The van der Waals surface area contributed by atoms with Gasteiger partial charge in [-0.1, -0.05) is 275 Å². The molecule has 0 spiro atoms. The first-order valence-corrected chi connectivity index (χ1v) is 30.2. The molecule has 1 unspecified atom stereocenters. The van der Waals surface area contributed by atoms with E-state index < -0.39 is 6.10 Å². The lowest BCUT2D eigenvalue weighted by atomic mass is 10.0. The summed E-state index contributed by atoms with van der Waals surface area (Å²) in [5.41, 5.74) is 0. The lowest BCUT2D eigenvalue weighted by molar-refractivity contribution is -0.163. The van der Waals surface area contributed by atoms with Crippen molar-refractivity contribution in [3.63, 3.8) is 0 Å². The normalized spacial score (nSPS) is 12.5. The fraction of sp³-hybridized carbons (Fsp3) is 0.841. The largest absolute Gasteiger partial charge is 0.462 e. The molecule has 0 amide bonds. The fourth-order valence-corrected chi connectivity index (χ4v) is 8.88. The van der Waals surface area contributed by atoms with E-state index in [4.69, 9.17) is 14.2 Å². The number of carbonyl (C=O) groups is 2. The molecule has 0 radical (unpaired) electrons. The van der Waals surface area contributed by atoms with Crippen molar-refractivity contribution < 1.29 is 23.8 Å². The number of rotatable bonds is 56. The molecule has 0 aliphatic rings. The van der Waals surface area contributed by atoms with E-state index in [9.17, 15) is 9.59 Å². The quantitative estimate of drug-likeness (QED) is 0.0345. The van der Waals surface area contributed by atoms with Crippen molar-refractivity contribution in [3.8, 4) is 0 Å². The summed E-state index contributed by atoms with van der Waals surface area (Å²) in [5.74, 6) is -0.414. The van der Waals surface area contributed by atoms with Gasteiger partial charge in [-0.3, -0.25) is 9.59 Å². The fourth-order valence-electron chi connectivity index (χ4n) is 8.88. The summed E-state index contributed by atoms with van der Waals surface area (Å²) in [4.78, 5) is 25.5. The summed E-state index contributed by atoms with van der Waals surface area (Å²) in [7, 11) is 0. The van der Waals surface area contributed by atoms with Gasteiger partial charge in [0.15, 0.2) is 6.10 Å². The van der Waals surface area contributed by atoms with Gasteiger partial charge >= 0.3 is 11.9 Å². The number of hydrogen-bond acceptors (Lipinski definition) is 5. The standard InChI is InChI=1S/C63H116O5/c1-4-7-10-13-16-19-22-25-27-29-31-33-35-37-40-43-46-49-52-55-58-66-59-61(68-63(65)57-54-51-48-45-42-38-24-21-18-15-12-9-6-3)60-67-62(64)56-53-50-47-44-41-39-36-34-32-30-28-26-23-20-17-14-11-8-5-2/h9,12,18,21,25,27,38,42,61H,4-8,10-11,13-17,19-20,22-24,26,28-37,39-41,43-60H2,1-3H3/b12-9-,21-18-,27-25-,42-38-. The molecule has 0 aromatic heterocycles. The van der Waals surface area contributed by atoms with Gasteiger partial charge in [0.1, 0.15) is 6.61 Å². The maximum absolute atomic E-state index is 12.8. The summed E-state index contributed by atoms with van der Waals surface area (Å²) in [5, 5.41) is 0. The lowest BCUT2D eigenvalue weighted by Crippen LogP contribution is -2.30. The van der Waals surface area contributed by atoms with Crippen LogP contribution in [0.3, 0.4) is 0 Å². The van der Waals surface area contributed by atoms with Crippen molar-refractivity contribution in [1.29, 1.82) is 0 Å². The third-order valence-electron chi connectivity index (χ3n) is 13.3. The van der Waals surface area contributed by atoms with Gasteiger partial charge in [-0.2, -0.15) is 0 Å². The van der Waals surface area contributed by atoms with Crippen molar-refractivity contribution in [1.82, 2.24) is 0 Å². The molecule has 0 saturated heterocycles. The highest BCUT2D eigenvalue weighted by atomic mass is 16.6. The topological polar surface area (TPSA) is 61.8 Å². The molecule has 68 heavy (non-hydrogen) atoms. The second-order valence-electron chi connectivity index (χ2n) is 20.2. The van der Waals surface area contributed by atoms with Crippen molar-refractivity contribution >= 4 is 11.9 Å². The van der Waals surface area contributed by atoms with Crippen LogP contribution in [0.4, 0.5) is 0 Å². The second kappa shape index (κ2) is 59.2. The summed E-state index contributed by atoms with van der Waals surface area (Å²) < 4.78 is 17.5. The van der Waals surface area contributed by atoms with Gasteiger partial charge in [-0.05, 0) is 77.0 Å².